The van der Waals surface area contributed by atoms with E-state index in [1.54, 1.807) is 24.3 Å². The van der Waals surface area contributed by atoms with Crippen molar-refractivity contribution in [2.75, 3.05) is 27.2 Å². The number of likely N-dealkylation sites (N-methyl/N-ethyl adjacent to an activating group) is 1. The van der Waals surface area contributed by atoms with E-state index in [1.807, 2.05) is 12.1 Å². The highest BCUT2D eigenvalue weighted by atomic mass is 35.5. The number of hydrogen-bond acceptors (Lipinski definition) is 4. The molecule has 6 nitrogen and oxygen atoms in total. The van der Waals surface area contributed by atoms with Gasteiger partial charge in [-0.05, 0) is 48.4 Å². The number of rotatable bonds is 8. The Labute approximate surface area is 158 Å². The van der Waals surface area contributed by atoms with Crippen LogP contribution < -0.4 is 10.1 Å². The van der Waals surface area contributed by atoms with Crippen LogP contribution in [0.5, 0.6) is 5.75 Å². The van der Waals surface area contributed by atoms with Crippen molar-refractivity contribution < 1.29 is 17.9 Å². The van der Waals surface area contributed by atoms with E-state index in [0.717, 1.165) is 9.87 Å². The molecule has 0 fully saturated rings. The molecule has 2 rings (SSSR count). The molecule has 0 aliphatic rings. The molecule has 0 unspecified atom stereocenters. The maximum absolute atomic E-state index is 12.5. The van der Waals surface area contributed by atoms with E-state index in [-0.39, 0.29) is 17.3 Å². The van der Waals surface area contributed by atoms with Gasteiger partial charge in [0.15, 0.2) is 0 Å². The summed E-state index contributed by atoms with van der Waals surface area (Å²) in [5, 5.41) is 3.38. The predicted octanol–water partition coefficient (Wildman–Crippen LogP) is 2.33. The second-order valence-corrected chi connectivity index (χ2v) is 8.14. The number of halogens is 1. The van der Waals surface area contributed by atoms with Crippen LogP contribution >= 0.6 is 11.6 Å². The smallest absolute Gasteiger partial charge is 0.243 e. The minimum absolute atomic E-state index is 0.106. The molecule has 0 saturated heterocycles. The molecule has 0 radical (unpaired) electrons. The Kier molecular flexibility index (Phi) is 7.02. The summed E-state index contributed by atoms with van der Waals surface area (Å²) >= 11 is 5.82. The molecule has 1 amide bonds. The molecule has 1 N–H and O–H groups in total. The van der Waals surface area contributed by atoms with Gasteiger partial charge in [0.2, 0.25) is 15.9 Å². The Hall–Kier alpha value is -2.09. The van der Waals surface area contributed by atoms with Crippen LogP contribution in [0.3, 0.4) is 0 Å². The highest BCUT2D eigenvalue weighted by molar-refractivity contribution is 7.89. The van der Waals surface area contributed by atoms with Gasteiger partial charge in [0.1, 0.15) is 5.75 Å². The molecule has 8 heteroatoms. The molecule has 0 atom stereocenters. The third-order valence-corrected chi connectivity index (χ3v) is 5.85. The maximum atomic E-state index is 12.5. The summed E-state index contributed by atoms with van der Waals surface area (Å²) in [5.74, 6) is 0.199. The van der Waals surface area contributed by atoms with E-state index < -0.39 is 10.0 Å². The van der Waals surface area contributed by atoms with Gasteiger partial charge in [0.05, 0.1) is 18.6 Å². The van der Waals surface area contributed by atoms with Crippen LogP contribution in [0.25, 0.3) is 0 Å². The van der Waals surface area contributed by atoms with E-state index in [9.17, 15) is 13.2 Å². The van der Waals surface area contributed by atoms with Crippen molar-refractivity contribution in [3.63, 3.8) is 0 Å². The van der Waals surface area contributed by atoms with Crippen LogP contribution in [0, 0.1) is 0 Å². The van der Waals surface area contributed by atoms with Crippen LogP contribution in [0.15, 0.2) is 53.4 Å². The Balaban J connectivity index is 1.87. The molecular weight excluding hydrogens is 376 g/mol. The van der Waals surface area contributed by atoms with Crippen LogP contribution in [0.1, 0.15) is 5.56 Å². The van der Waals surface area contributed by atoms with Gasteiger partial charge in [-0.25, -0.2) is 8.42 Å². The lowest BCUT2D eigenvalue weighted by atomic mass is 10.1. The Morgan fingerprint density at radius 1 is 1.12 bits per heavy atom. The first-order chi connectivity index (χ1) is 12.3. The minimum atomic E-state index is -3.74. The summed E-state index contributed by atoms with van der Waals surface area (Å²) in [7, 11) is -0.861. The topological polar surface area (TPSA) is 75.7 Å². The number of methoxy groups -OCH3 is 1. The van der Waals surface area contributed by atoms with Crippen molar-refractivity contribution in [3.05, 3.63) is 59.1 Å². The maximum Gasteiger partial charge on any atom is 0.243 e. The fourth-order valence-corrected chi connectivity index (χ4v) is 3.52. The molecule has 0 saturated carbocycles. The lowest BCUT2D eigenvalue weighted by Gasteiger charge is -2.17. The van der Waals surface area contributed by atoms with Gasteiger partial charge in [-0.3, -0.25) is 4.79 Å². The largest absolute Gasteiger partial charge is 0.497 e. The standard InChI is InChI=1S/C18H21ClN2O4S/c1-21(26(23,24)17-9-7-16(25-2)8-10-17)13-18(22)20-12-11-14-3-5-15(19)6-4-14/h3-10H,11-13H2,1-2H3,(H,20,22). The normalized spacial score (nSPS) is 11.4. The summed E-state index contributed by atoms with van der Waals surface area (Å²) in [6, 6.07) is 13.4. The second kappa shape index (κ2) is 9.02. The number of amides is 1. The molecule has 2 aromatic rings. The second-order valence-electron chi connectivity index (χ2n) is 5.66. The fourth-order valence-electron chi connectivity index (χ4n) is 2.27. The molecule has 0 heterocycles. The molecule has 0 aromatic heterocycles. The zero-order valence-electron chi connectivity index (χ0n) is 14.6. The molecule has 0 bridgehead atoms. The average molecular weight is 397 g/mol. The third-order valence-electron chi connectivity index (χ3n) is 3.78. The first-order valence-corrected chi connectivity index (χ1v) is 9.76. The Morgan fingerprint density at radius 2 is 1.73 bits per heavy atom. The van der Waals surface area contributed by atoms with Gasteiger partial charge >= 0.3 is 0 Å². The van der Waals surface area contributed by atoms with E-state index in [0.29, 0.717) is 23.7 Å². The number of nitrogens with one attached hydrogen (secondary N) is 1. The first-order valence-electron chi connectivity index (χ1n) is 7.94. The summed E-state index contributed by atoms with van der Waals surface area (Å²) in [4.78, 5) is 12.1. The molecule has 0 aliphatic heterocycles. The number of carbonyl (C=O) groups excluding carboxylic acids is 1. The zero-order chi connectivity index (χ0) is 19.2. The first kappa shape index (κ1) is 20.2. The van der Waals surface area contributed by atoms with Gasteiger partial charge in [0, 0.05) is 18.6 Å². The number of benzene rings is 2. The number of sulfonamides is 1. The van der Waals surface area contributed by atoms with Crippen molar-refractivity contribution in [1.29, 1.82) is 0 Å². The minimum Gasteiger partial charge on any atom is -0.497 e. The number of carbonyl (C=O) groups is 1. The van der Waals surface area contributed by atoms with Crippen LogP contribution in [0.4, 0.5) is 0 Å². The summed E-state index contributed by atoms with van der Waals surface area (Å²) < 4.78 is 31.0. The zero-order valence-corrected chi connectivity index (χ0v) is 16.2. The SMILES string of the molecule is COc1ccc(S(=O)(=O)N(C)CC(=O)NCCc2ccc(Cl)cc2)cc1. The van der Waals surface area contributed by atoms with Crippen molar-refractivity contribution in [1.82, 2.24) is 9.62 Å². The average Bonchev–Trinajstić information content (AvgIpc) is 2.63. The monoisotopic (exact) mass is 396 g/mol. The summed E-state index contributed by atoms with van der Waals surface area (Å²) in [6.45, 7) is 0.159. The van der Waals surface area contributed by atoms with E-state index >= 15 is 0 Å². The van der Waals surface area contributed by atoms with Gasteiger partial charge < -0.3 is 10.1 Å². The van der Waals surface area contributed by atoms with Crippen molar-refractivity contribution in [2.24, 2.45) is 0 Å². The fraction of sp³-hybridized carbons (Fsp3) is 0.278. The predicted molar refractivity (Wildman–Crippen MR) is 101 cm³/mol. The lowest BCUT2D eigenvalue weighted by molar-refractivity contribution is -0.121. The van der Waals surface area contributed by atoms with Gasteiger partial charge in [-0.2, -0.15) is 4.31 Å². The molecular formula is C18H21ClN2O4S. The molecule has 140 valence electrons. The van der Waals surface area contributed by atoms with Crippen molar-refractivity contribution >= 4 is 27.5 Å². The lowest BCUT2D eigenvalue weighted by Crippen LogP contribution is -2.39. The molecule has 0 aliphatic carbocycles. The Morgan fingerprint density at radius 3 is 2.31 bits per heavy atom. The van der Waals surface area contributed by atoms with Crippen LogP contribution in [0.2, 0.25) is 5.02 Å². The van der Waals surface area contributed by atoms with Crippen molar-refractivity contribution in [3.8, 4) is 5.75 Å². The third kappa shape index (κ3) is 5.45. The van der Waals surface area contributed by atoms with Gasteiger partial charge in [-0.15, -0.1) is 0 Å². The Bertz CT molecular complexity index is 836. The van der Waals surface area contributed by atoms with E-state index in [4.69, 9.17) is 16.3 Å². The molecule has 0 spiro atoms. The summed E-state index contributed by atoms with van der Waals surface area (Å²) in [5.41, 5.74) is 1.04. The molecule has 2 aromatic carbocycles. The quantitative estimate of drug-likeness (QED) is 0.743. The van der Waals surface area contributed by atoms with E-state index in [1.165, 1.54) is 26.3 Å². The summed E-state index contributed by atoms with van der Waals surface area (Å²) in [6.07, 6.45) is 0.637. The number of ether oxygens (including phenoxy) is 1. The molecule has 26 heavy (non-hydrogen) atoms. The van der Waals surface area contributed by atoms with E-state index in [2.05, 4.69) is 5.32 Å². The van der Waals surface area contributed by atoms with Gasteiger partial charge in [-0.1, -0.05) is 23.7 Å². The highest BCUT2D eigenvalue weighted by Crippen LogP contribution is 2.18. The van der Waals surface area contributed by atoms with Crippen LogP contribution in [-0.2, 0) is 21.2 Å². The number of nitrogens with zero attached hydrogens (tertiary/aromatic N) is 1. The number of hydrogen-bond donors (Lipinski definition) is 1. The highest BCUT2D eigenvalue weighted by Gasteiger charge is 2.22. The van der Waals surface area contributed by atoms with Gasteiger partial charge in [0.25, 0.3) is 0 Å². The van der Waals surface area contributed by atoms with Crippen LogP contribution in [-0.4, -0.2) is 45.9 Å². The van der Waals surface area contributed by atoms with Crippen molar-refractivity contribution in [2.45, 2.75) is 11.3 Å².